The Kier molecular flexibility index (Phi) is 4.56. The van der Waals surface area contributed by atoms with Crippen molar-refractivity contribution in [2.75, 3.05) is 11.9 Å². The molecule has 0 bridgehead atoms. The van der Waals surface area contributed by atoms with Crippen LogP contribution in [0.15, 0.2) is 48.5 Å². The molecular weight excluding hydrogens is 238 g/mol. The lowest BCUT2D eigenvalue weighted by Gasteiger charge is -2.07. The highest BCUT2D eigenvalue weighted by molar-refractivity contribution is 5.71. The van der Waals surface area contributed by atoms with Crippen molar-refractivity contribution in [3.63, 3.8) is 0 Å². The summed E-state index contributed by atoms with van der Waals surface area (Å²) >= 11 is 0. The zero-order valence-corrected chi connectivity index (χ0v) is 10.9. The minimum Gasteiger partial charge on any atom is -0.493 e. The number of hydrogen-bond acceptors (Lipinski definition) is 2. The summed E-state index contributed by atoms with van der Waals surface area (Å²) in [6, 6.07) is 15.8. The van der Waals surface area contributed by atoms with Crippen LogP contribution in [-0.4, -0.2) is 13.0 Å². The number of amides is 1. The lowest BCUT2D eigenvalue weighted by atomic mass is 10.1. The van der Waals surface area contributed by atoms with Crippen molar-refractivity contribution in [1.29, 1.82) is 0 Å². The first-order valence-corrected chi connectivity index (χ1v) is 6.26. The van der Waals surface area contributed by atoms with Gasteiger partial charge < -0.3 is 10.1 Å². The van der Waals surface area contributed by atoms with Crippen LogP contribution in [0.25, 0.3) is 0 Å². The fourth-order valence-electron chi connectivity index (χ4n) is 1.76. The second-order valence-corrected chi connectivity index (χ2v) is 4.37. The fourth-order valence-corrected chi connectivity index (χ4v) is 1.76. The highest BCUT2D eigenvalue weighted by atomic mass is 16.5. The summed E-state index contributed by atoms with van der Waals surface area (Å²) in [6.45, 7) is 2.72. The molecule has 0 spiro atoms. The zero-order valence-electron chi connectivity index (χ0n) is 10.9. The Labute approximate surface area is 113 Å². The first-order valence-electron chi connectivity index (χ1n) is 6.26. The third-order valence-electron chi connectivity index (χ3n) is 2.86. The zero-order chi connectivity index (χ0) is 13.5. The van der Waals surface area contributed by atoms with E-state index < -0.39 is 0 Å². The smallest absolute Gasteiger partial charge is 0.211 e. The molecule has 19 heavy (non-hydrogen) atoms. The number of carbonyl (C=O) groups is 1. The predicted octanol–water partition coefficient (Wildman–Crippen LogP) is 3.18. The minimum absolute atomic E-state index is 0.642. The summed E-state index contributed by atoms with van der Waals surface area (Å²) in [5.41, 5.74) is 3.30. The highest BCUT2D eigenvalue weighted by Gasteiger charge is 1.96. The maximum atomic E-state index is 10.3. The number of benzene rings is 2. The summed E-state index contributed by atoms with van der Waals surface area (Å²) in [6.07, 6.45) is 1.54. The van der Waals surface area contributed by atoms with Gasteiger partial charge in [0.1, 0.15) is 5.75 Å². The number of hydrogen-bond donors (Lipinski definition) is 1. The van der Waals surface area contributed by atoms with Crippen molar-refractivity contribution >= 4 is 12.1 Å². The second-order valence-electron chi connectivity index (χ2n) is 4.37. The van der Waals surface area contributed by atoms with Crippen molar-refractivity contribution in [3.8, 4) is 5.75 Å². The van der Waals surface area contributed by atoms with Crippen LogP contribution in [0.1, 0.15) is 11.1 Å². The number of rotatable bonds is 6. The van der Waals surface area contributed by atoms with Crippen LogP contribution in [0.4, 0.5) is 5.69 Å². The summed E-state index contributed by atoms with van der Waals surface area (Å²) in [4.78, 5) is 10.3. The van der Waals surface area contributed by atoms with Crippen LogP contribution >= 0.6 is 0 Å². The molecule has 0 heterocycles. The van der Waals surface area contributed by atoms with Crippen molar-refractivity contribution in [2.45, 2.75) is 13.3 Å². The van der Waals surface area contributed by atoms with Crippen molar-refractivity contribution in [1.82, 2.24) is 0 Å². The molecule has 2 rings (SSSR count). The van der Waals surface area contributed by atoms with E-state index in [9.17, 15) is 4.79 Å². The lowest BCUT2D eigenvalue weighted by molar-refractivity contribution is -0.105. The van der Waals surface area contributed by atoms with Crippen LogP contribution in [0.2, 0.25) is 0 Å². The van der Waals surface area contributed by atoms with Crippen LogP contribution in [0.5, 0.6) is 5.75 Å². The molecule has 1 N–H and O–H groups in total. The lowest BCUT2D eigenvalue weighted by Crippen LogP contribution is -2.01. The summed E-state index contributed by atoms with van der Waals surface area (Å²) in [5, 5.41) is 2.59. The summed E-state index contributed by atoms with van der Waals surface area (Å²) < 4.78 is 5.66. The Morgan fingerprint density at radius 3 is 2.37 bits per heavy atom. The van der Waals surface area contributed by atoms with E-state index in [0.29, 0.717) is 13.0 Å². The molecule has 2 aromatic rings. The standard InChI is InChI=1S/C16H17NO2/c1-13-2-4-14(5-3-13)10-11-19-16-8-6-15(7-9-16)17-12-18/h2-9,12H,10-11H2,1H3,(H,17,18). The molecule has 0 saturated heterocycles. The van der Waals surface area contributed by atoms with Gasteiger partial charge in [0.25, 0.3) is 0 Å². The van der Waals surface area contributed by atoms with Gasteiger partial charge in [-0.05, 0) is 36.8 Å². The van der Waals surface area contributed by atoms with Gasteiger partial charge in [0.15, 0.2) is 0 Å². The van der Waals surface area contributed by atoms with E-state index in [-0.39, 0.29) is 0 Å². The number of nitrogens with one attached hydrogen (secondary N) is 1. The highest BCUT2D eigenvalue weighted by Crippen LogP contribution is 2.15. The van der Waals surface area contributed by atoms with Gasteiger partial charge >= 0.3 is 0 Å². The second kappa shape index (κ2) is 6.59. The van der Waals surface area contributed by atoms with E-state index in [0.717, 1.165) is 17.9 Å². The van der Waals surface area contributed by atoms with Crippen LogP contribution in [-0.2, 0) is 11.2 Å². The Morgan fingerprint density at radius 1 is 1.05 bits per heavy atom. The Morgan fingerprint density at radius 2 is 1.74 bits per heavy atom. The van der Waals surface area contributed by atoms with Crippen molar-refractivity contribution in [3.05, 3.63) is 59.7 Å². The van der Waals surface area contributed by atoms with Gasteiger partial charge in [-0.3, -0.25) is 4.79 Å². The van der Waals surface area contributed by atoms with Gasteiger partial charge in [-0.25, -0.2) is 0 Å². The molecular formula is C16H17NO2. The monoisotopic (exact) mass is 255 g/mol. The molecule has 0 aliphatic carbocycles. The molecule has 3 heteroatoms. The van der Waals surface area contributed by atoms with Gasteiger partial charge in [-0.1, -0.05) is 29.8 Å². The van der Waals surface area contributed by atoms with E-state index in [4.69, 9.17) is 4.74 Å². The first kappa shape index (κ1) is 13.1. The third-order valence-corrected chi connectivity index (χ3v) is 2.86. The Hall–Kier alpha value is -2.29. The SMILES string of the molecule is Cc1ccc(CCOc2ccc(NC=O)cc2)cc1. The van der Waals surface area contributed by atoms with E-state index in [1.54, 1.807) is 0 Å². The third kappa shape index (κ3) is 4.14. The summed E-state index contributed by atoms with van der Waals surface area (Å²) in [5.74, 6) is 0.809. The van der Waals surface area contributed by atoms with Crippen molar-refractivity contribution in [2.24, 2.45) is 0 Å². The molecule has 0 atom stereocenters. The largest absolute Gasteiger partial charge is 0.493 e. The molecule has 0 aliphatic rings. The predicted molar refractivity (Wildman–Crippen MR) is 76.5 cm³/mol. The quantitative estimate of drug-likeness (QED) is 0.805. The number of ether oxygens (including phenoxy) is 1. The van der Waals surface area contributed by atoms with Crippen molar-refractivity contribution < 1.29 is 9.53 Å². The molecule has 3 nitrogen and oxygen atoms in total. The normalized spacial score (nSPS) is 9.95. The summed E-state index contributed by atoms with van der Waals surface area (Å²) in [7, 11) is 0. The molecule has 0 radical (unpaired) electrons. The maximum Gasteiger partial charge on any atom is 0.211 e. The molecule has 0 saturated carbocycles. The van der Waals surface area contributed by atoms with Gasteiger partial charge in [-0.2, -0.15) is 0 Å². The topological polar surface area (TPSA) is 38.3 Å². The average molecular weight is 255 g/mol. The van der Waals surface area contributed by atoms with Gasteiger partial charge in [0, 0.05) is 12.1 Å². The van der Waals surface area contributed by atoms with Gasteiger partial charge in [0.2, 0.25) is 6.41 Å². The maximum absolute atomic E-state index is 10.3. The molecule has 2 aromatic carbocycles. The average Bonchev–Trinajstić information content (AvgIpc) is 2.43. The Balaban J connectivity index is 1.82. The fraction of sp³-hybridized carbons (Fsp3) is 0.188. The number of carbonyl (C=O) groups excluding carboxylic acids is 1. The van der Waals surface area contributed by atoms with E-state index in [2.05, 4.69) is 36.5 Å². The van der Waals surface area contributed by atoms with Gasteiger partial charge in [0.05, 0.1) is 6.61 Å². The molecule has 0 aliphatic heterocycles. The van der Waals surface area contributed by atoms with E-state index in [1.165, 1.54) is 11.1 Å². The minimum atomic E-state index is 0.642. The Bertz CT molecular complexity index is 517. The molecule has 0 unspecified atom stereocenters. The van der Waals surface area contributed by atoms with Crippen LogP contribution in [0, 0.1) is 6.92 Å². The van der Waals surface area contributed by atoms with Gasteiger partial charge in [-0.15, -0.1) is 0 Å². The molecule has 98 valence electrons. The first-order chi connectivity index (χ1) is 9.28. The van der Waals surface area contributed by atoms with Crippen LogP contribution in [0.3, 0.4) is 0 Å². The van der Waals surface area contributed by atoms with E-state index >= 15 is 0 Å². The van der Waals surface area contributed by atoms with E-state index in [1.807, 2.05) is 24.3 Å². The molecule has 0 aromatic heterocycles. The van der Waals surface area contributed by atoms with Crippen LogP contribution < -0.4 is 10.1 Å². The molecule has 1 amide bonds. The number of aryl methyl sites for hydroxylation is 1. The number of anilines is 1. The molecule has 0 fully saturated rings.